The number of amides is 2. The highest BCUT2D eigenvalue weighted by Gasteiger charge is 2.12. The molecule has 0 saturated carbocycles. The summed E-state index contributed by atoms with van der Waals surface area (Å²) in [5, 5.41) is 4.74. The highest BCUT2D eigenvalue weighted by atomic mass is 35.5. The van der Waals surface area contributed by atoms with Crippen molar-refractivity contribution in [2.45, 2.75) is 6.92 Å². The van der Waals surface area contributed by atoms with Crippen LogP contribution in [0.2, 0.25) is 0 Å². The Labute approximate surface area is 98.2 Å². The average Bonchev–Trinajstić information content (AvgIpc) is 2.25. The van der Waals surface area contributed by atoms with Crippen LogP contribution in [0, 0.1) is 6.92 Å². The third kappa shape index (κ3) is 3.86. The minimum absolute atomic E-state index is 0.259. The van der Waals surface area contributed by atoms with Gasteiger partial charge in [-0.15, -0.1) is 11.6 Å². The molecule has 0 aromatic carbocycles. The quantitative estimate of drug-likeness (QED) is 0.604. The highest BCUT2D eigenvalue weighted by molar-refractivity contribution is 6.39. The van der Waals surface area contributed by atoms with Gasteiger partial charge in [0.05, 0.1) is 0 Å². The zero-order chi connectivity index (χ0) is 12.0. The molecule has 2 N–H and O–H groups in total. The molecule has 0 fully saturated rings. The number of nitrogens with zero attached hydrogens (tertiary/aromatic N) is 1. The van der Waals surface area contributed by atoms with Crippen LogP contribution in [0.15, 0.2) is 18.3 Å². The highest BCUT2D eigenvalue weighted by Crippen LogP contribution is 2.04. The number of aryl methyl sites for hydroxylation is 1. The first kappa shape index (κ1) is 12.4. The molecule has 1 heterocycles. The Morgan fingerprint density at radius 3 is 2.81 bits per heavy atom. The molecule has 0 saturated heterocycles. The number of rotatable bonds is 3. The molecule has 16 heavy (non-hydrogen) atoms. The standard InChI is InChI=1S/C10H12ClN3O2/c1-7-2-4-12-8(6-7)14-10(16)9(15)13-5-3-11/h2,4,6H,3,5H2,1H3,(H,13,15)(H,12,14,16). The maximum Gasteiger partial charge on any atom is 0.314 e. The predicted molar refractivity (Wildman–Crippen MR) is 61.3 cm³/mol. The maximum absolute atomic E-state index is 11.3. The number of pyridine rings is 1. The molecule has 5 nitrogen and oxygen atoms in total. The summed E-state index contributed by atoms with van der Waals surface area (Å²) in [6.07, 6.45) is 1.56. The molecule has 2 amide bonds. The normalized spacial score (nSPS) is 9.62. The van der Waals surface area contributed by atoms with Gasteiger partial charge in [-0.05, 0) is 24.6 Å². The first-order valence-electron chi connectivity index (χ1n) is 4.71. The van der Waals surface area contributed by atoms with E-state index in [-0.39, 0.29) is 12.4 Å². The summed E-state index contributed by atoms with van der Waals surface area (Å²) in [7, 11) is 0. The average molecular weight is 242 g/mol. The van der Waals surface area contributed by atoms with Crippen LogP contribution in [0.5, 0.6) is 0 Å². The molecule has 1 aromatic rings. The largest absolute Gasteiger partial charge is 0.347 e. The van der Waals surface area contributed by atoms with Crippen LogP contribution in [0.25, 0.3) is 0 Å². The van der Waals surface area contributed by atoms with E-state index in [1.807, 2.05) is 6.92 Å². The molecule has 0 radical (unpaired) electrons. The fourth-order valence-corrected chi connectivity index (χ4v) is 1.11. The molecule has 0 unspecified atom stereocenters. The van der Waals surface area contributed by atoms with Gasteiger partial charge in [-0.2, -0.15) is 0 Å². The lowest BCUT2D eigenvalue weighted by molar-refractivity contribution is -0.136. The molecule has 0 aliphatic carbocycles. The second kappa shape index (κ2) is 6.07. The number of halogens is 1. The molecule has 86 valence electrons. The van der Waals surface area contributed by atoms with E-state index in [0.717, 1.165) is 5.56 Å². The summed E-state index contributed by atoms with van der Waals surface area (Å²) < 4.78 is 0. The molecule has 0 bridgehead atoms. The molecular weight excluding hydrogens is 230 g/mol. The number of alkyl halides is 1. The van der Waals surface area contributed by atoms with Crippen molar-refractivity contribution in [1.29, 1.82) is 0 Å². The smallest absolute Gasteiger partial charge is 0.314 e. The fourth-order valence-electron chi connectivity index (χ4n) is 1.02. The van der Waals surface area contributed by atoms with Crippen LogP contribution < -0.4 is 10.6 Å². The summed E-state index contributed by atoms with van der Waals surface area (Å²) in [4.78, 5) is 26.4. The first-order chi connectivity index (χ1) is 7.63. The first-order valence-corrected chi connectivity index (χ1v) is 5.24. The van der Waals surface area contributed by atoms with Gasteiger partial charge >= 0.3 is 11.8 Å². The van der Waals surface area contributed by atoms with Crippen molar-refractivity contribution in [3.05, 3.63) is 23.9 Å². The second-order valence-corrected chi connectivity index (χ2v) is 3.50. The van der Waals surface area contributed by atoms with Gasteiger partial charge < -0.3 is 10.6 Å². The minimum Gasteiger partial charge on any atom is -0.347 e. The van der Waals surface area contributed by atoms with Crippen molar-refractivity contribution in [2.24, 2.45) is 0 Å². The summed E-state index contributed by atoms with van der Waals surface area (Å²) >= 11 is 5.37. The second-order valence-electron chi connectivity index (χ2n) is 3.12. The Balaban J connectivity index is 2.54. The monoisotopic (exact) mass is 241 g/mol. The van der Waals surface area contributed by atoms with E-state index in [2.05, 4.69) is 15.6 Å². The SMILES string of the molecule is Cc1ccnc(NC(=O)C(=O)NCCCl)c1. The lowest BCUT2D eigenvalue weighted by Gasteiger charge is -2.04. The lowest BCUT2D eigenvalue weighted by atomic mass is 10.3. The minimum atomic E-state index is -0.747. The van der Waals surface area contributed by atoms with Gasteiger partial charge in [0, 0.05) is 18.6 Å². The number of hydrogen-bond donors (Lipinski definition) is 2. The number of hydrogen-bond acceptors (Lipinski definition) is 3. The van der Waals surface area contributed by atoms with Gasteiger partial charge in [-0.1, -0.05) is 0 Å². The Kier molecular flexibility index (Phi) is 4.72. The van der Waals surface area contributed by atoms with Gasteiger partial charge in [0.15, 0.2) is 0 Å². The molecule has 0 aliphatic heterocycles. The molecule has 6 heteroatoms. The molecule has 1 aromatic heterocycles. The number of anilines is 1. The van der Waals surface area contributed by atoms with Crippen LogP contribution >= 0.6 is 11.6 Å². The van der Waals surface area contributed by atoms with Crippen LogP contribution in [0.1, 0.15) is 5.56 Å². The van der Waals surface area contributed by atoms with Gasteiger partial charge in [0.1, 0.15) is 5.82 Å². The van der Waals surface area contributed by atoms with E-state index in [4.69, 9.17) is 11.6 Å². The molecule has 0 aliphatic rings. The summed E-state index contributed by atoms with van der Waals surface area (Å²) in [6.45, 7) is 2.12. The summed E-state index contributed by atoms with van der Waals surface area (Å²) in [5.41, 5.74) is 0.950. The van der Waals surface area contributed by atoms with Gasteiger partial charge in [0.25, 0.3) is 0 Å². The molecule has 0 spiro atoms. The fraction of sp³-hybridized carbons (Fsp3) is 0.300. The number of carbonyl (C=O) groups is 2. The van der Waals surface area contributed by atoms with E-state index in [1.165, 1.54) is 0 Å². The Morgan fingerprint density at radius 2 is 2.19 bits per heavy atom. The Bertz CT molecular complexity index is 395. The van der Waals surface area contributed by atoms with Crippen molar-refractivity contribution < 1.29 is 9.59 Å². The number of aromatic nitrogens is 1. The Hall–Kier alpha value is -1.62. The summed E-state index contributed by atoms with van der Waals surface area (Å²) in [6, 6.07) is 3.47. The number of nitrogens with one attached hydrogen (secondary N) is 2. The van der Waals surface area contributed by atoms with Crippen molar-refractivity contribution in [3.8, 4) is 0 Å². The van der Waals surface area contributed by atoms with Crippen molar-refractivity contribution in [1.82, 2.24) is 10.3 Å². The van der Waals surface area contributed by atoms with Crippen LogP contribution in [-0.4, -0.2) is 29.2 Å². The van der Waals surface area contributed by atoms with Crippen LogP contribution in [-0.2, 0) is 9.59 Å². The maximum atomic E-state index is 11.3. The predicted octanol–water partition coefficient (Wildman–Crippen LogP) is 0.684. The van der Waals surface area contributed by atoms with Crippen LogP contribution in [0.4, 0.5) is 5.82 Å². The van der Waals surface area contributed by atoms with Crippen LogP contribution in [0.3, 0.4) is 0 Å². The zero-order valence-electron chi connectivity index (χ0n) is 8.79. The molecular formula is C10H12ClN3O2. The summed E-state index contributed by atoms with van der Waals surface area (Å²) in [5.74, 6) is -0.847. The van der Waals surface area contributed by atoms with Crippen molar-refractivity contribution >= 4 is 29.2 Å². The van der Waals surface area contributed by atoms with Crippen molar-refractivity contribution in [3.63, 3.8) is 0 Å². The van der Waals surface area contributed by atoms with Gasteiger partial charge in [0.2, 0.25) is 0 Å². The van der Waals surface area contributed by atoms with Crippen molar-refractivity contribution in [2.75, 3.05) is 17.7 Å². The third-order valence-corrected chi connectivity index (χ3v) is 1.93. The van der Waals surface area contributed by atoms with E-state index >= 15 is 0 Å². The van der Waals surface area contributed by atoms with E-state index in [0.29, 0.717) is 5.82 Å². The lowest BCUT2D eigenvalue weighted by Crippen LogP contribution is -2.36. The van der Waals surface area contributed by atoms with E-state index in [9.17, 15) is 9.59 Å². The Morgan fingerprint density at radius 1 is 1.44 bits per heavy atom. The molecule has 0 atom stereocenters. The van der Waals surface area contributed by atoms with E-state index < -0.39 is 11.8 Å². The van der Waals surface area contributed by atoms with Gasteiger partial charge in [-0.25, -0.2) is 4.98 Å². The molecule has 1 rings (SSSR count). The zero-order valence-corrected chi connectivity index (χ0v) is 9.54. The third-order valence-electron chi connectivity index (χ3n) is 1.74. The van der Waals surface area contributed by atoms with E-state index in [1.54, 1.807) is 18.3 Å². The number of carbonyl (C=O) groups excluding carboxylic acids is 2. The van der Waals surface area contributed by atoms with Gasteiger partial charge in [-0.3, -0.25) is 9.59 Å². The topological polar surface area (TPSA) is 71.1 Å².